The number of methoxy groups -OCH3 is 1. The van der Waals surface area contributed by atoms with Crippen LogP contribution in [0.3, 0.4) is 0 Å². The van der Waals surface area contributed by atoms with Gasteiger partial charge in [-0.05, 0) is 104 Å². The fourth-order valence-electron chi connectivity index (χ4n) is 7.63. The molecule has 8 nitrogen and oxygen atoms in total. The van der Waals surface area contributed by atoms with Gasteiger partial charge in [-0.15, -0.1) is 0 Å². The lowest BCUT2D eigenvalue weighted by molar-refractivity contribution is -0.156. The van der Waals surface area contributed by atoms with Crippen LogP contribution in [-0.2, 0) is 27.8 Å². The van der Waals surface area contributed by atoms with E-state index in [4.69, 9.17) is 21.1 Å². The average molecular weight is 647 g/mol. The molecule has 1 unspecified atom stereocenters. The molecule has 2 heterocycles. The number of hydrogen-bond acceptors (Lipinski definition) is 7. The molecule has 2 aromatic rings. The predicted octanol–water partition coefficient (Wildman–Crippen LogP) is 6.27. The van der Waals surface area contributed by atoms with Crippen molar-refractivity contribution >= 4 is 33.2 Å². The quantitative estimate of drug-likeness (QED) is 0.405. The third-order valence-electron chi connectivity index (χ3n) is 10.2. The van der Waals surface area contributed by atoms with Crippen LogP contribution < -0.4 is 14.4 Å². The van der Waals surface area contributed by atoms with Gasteiger partial charge in [-0.25, -0.2) is 13.1 Å². The van der Waals surface area contributed by atoms with Crippen molar-refractivity contribution in [1.29, 1.82) is 0 Å². The first-order chi connectivity index (χ1) is 21.0. The van der Waals surface area contributed by atoms with E-state index < -0.39 is 26.8 Å². The molecule has 0 spiro atoms. The summed E-state index contributed by atoms with van der Waals surface area (Å²) in [6.07, 6.45) is 7.26. The van der Waals surface area contributed by atoms with Crippen molar-refractivity contribution in [2.24, 2.45) is 11.3 Å². The van der Waals surface area contributed by atoms with Gasteiger partial charge in [0.15, 0.2) is 0 Å². The summed E-state index contributed by atoms with van der Waals surface area (Å²) in [6.45, 7) is 6.06. The van der Waals surface area contributed by atoms with Crippen LogP contribution in [0.4, 0.5) is 5.69 Å². The van der Waals surface area contributed by atoms with E-state index in [-0.39, 0.29) is 23.5 Å². The Morgan fingerprint density at radius 3 is 2.64 bits per heavy atom. The normalized spacial score (nSPS) is 29.6. The van der Waals surface area contributed by atoms with Crippen LogP contribution in [0.25, 0.3) is 0 Å². The molecule has 2 aromatic carbocycles. The SMILES string of the molecule is CC[C@@H]1CCCC[C@@](O)(COC)[C@@H]2CCC2(C)CN2CCCCc3cc(Cl)ccc3COc3ccc(cc32)C(=O)NS1(=O)=O. The molecule has 1 aliphatic carbocycles. The molecule has 4 atom stereocenters. The van der Waals surface area contributed by atoms with E-state index in [2.05, 4.69) is 16.5 Å². The second kappa shape index (κ2) is 13.6. The molecule has 10 heteroatoms. The van der Waals surface area contributed by atoms with E-state index in [1.165, 1.54) is 5.56 Å². The Balaban J connectivity index is 1.58. The van der Waals surface area contributed by atoms with E-state index in [1.807, 2.05) is 25.1 Å². The second-order valence-corrected chi connectivity index (χ2v) is 15.7. The number of fused-ring (bicyclic) bond motifs is 3. The molecule has 1 amide bonds. The summed E-state index contributed by atoms with van der Waals surface area (Å²) in [5.41, 5.74) is 2.07. The number of halogens is 1. The monoisotopic (exact) mass is 646 g/mol. The molecule has 242 valence electrons. The number of carbonyl (C=O) groups is 1. The smallest absolute Gasteiger partial charge is 0.264 e. The maximum atomic E-state index is 13.4. The highest BCUT2D eigenvalue weighted by molar-refractivity contribution is 7.90. The minimum Gasteiger partial charge on any atom is -0.487 e. The van der Waals surface area contributed by atoms with Gasteiger partial charge in [-0.3, -0.25) is 4.79 Å². The molecule has 5 rings (SSSR count). The van der Waals surface area contributed by atoms with Gasteiger partial charge in [0.05, 0.1) is 23.1 Å². The third-order valence-corrected chi connectivity index (χ3v) is 12.3. The zero-order valence-corrected chi connectivity index (χ0v) is 27.8. The Bertz CT molecular complexity index is 1450. The highest BCUT2D eigenvalue weighted by atomic mass is 35.5. The molecule has 0 radical (unpaired) electrons. The van der Waals surface area contributed by atoms with E-state index >= 15 is 0 Å². The molecule has 2 N–H and O–H groups in total. The minimum absolute atomic E-state index is 0.0222. The number of aryl methyl sites for hydroxylation is 1. The number of sulfonamides is 1. The first-order valence-electron chi connectivity index (χ1n) is 16.0. The summed E-state index contributed by atoms with van der Waals surface area (Å²) < 4.78 is 41.0. The summed E-state index contributed by atoms with van der Waals surface area (Å²) in [6, 6.07) is 11.1. The molecule has 3 aliphatic rings. The van der Waals surface area contributed by atoms with E-state index in [0.717, 1.165) is 49.9 Å². The van der Waals surface area contributed by atoms with Gasteiger partial charge in [0, 0.05) is 30.8 Å². The van der Waals surface area contributed by atoms with Crippen molar-refractivity contribution in [2.75, 3.05) is 31.7 Å². The van der Waals surface area contributed by atoms with Crippen LogP contribution in [-0.4, -0.2) is 57.1 Å². The minimum atomic E-state index is -3.90. The highest BCUT2D eigenvalue weighted by Crippen LogP contribution is 2.54. The van der Waals surface area contributed by atoms with Gasteiger partial charge < -0.3 is 19.5 Å². The summed E-state index contributed by atoms with van der Waals surface area (Å²) in [5.74, 6) is 0.0233. The lowest BCUT2D eigenvalue weighted by atomic mass is 9.54. The standard InChI is InChI=1S/C34H47ClN2O6S/c1-4-28-10-5-7-16-34(39,23-42-3)31-15-17-33(31,2)22-37-18-8-6-9-24-19-27(35)13-11-26(24)21-43-30-14-12-25(20-29(30)37)32(38)36-44(28,40)41/h11-14,19-20,28,31,39H,4-10,15-18,21-23H2,1-3H3,(H,36,38)/t28-,31-,33?,34-/m1/s1. The van der Waals surface area contributed by atoms with Crippen LogP contribution in [0.2, 0.25) is 5.02 Å². The van der Waals surface area contributed by atoms with Crippen molar-refractivity contribution in [3.05, 3.63) is 58.1 Å². The van der Waals surface area contributed by atoms with Crippen molar-refractivity contribution in [3.8, 4) is 5.75 Å². The molecule has 2 bridgehead atoms. The molecule has 2 aliphatic heterocycles. The number of ether oxygens (including phenoxy) is 2. The van der Waals surface area contributed by atoms with Crippen molar-refractivity contribution in [1.82, 2.24) is 4.72 Å². The number of benzene rings is 2. The number of anilines is 1. The summed E-state index contributed by atoms with van der Waals surface area (Å²) in [5, 5.41) is 12.1. The first-order valence-corrected chi connectivity index (χ1v) is 18.0. The summed E-state index contributed by atoms with van der Waals surface area (Å²) in [4.78, 5) is 15.7. The highest BCUT2D eigenvalue weighted by Gasteiger charge is 2.54. The summed E-state index contributed by atoms with van der Waals surface area (Å²) in [7, 11) is -2.27. The van der Waals surface area contributed by atoms with Gasteiger partial charge in [0.25, 0.3) is 5.91 Å². The Hall–Kier alpha value is -2.33. The molecule has 1 saturated carbocycles. The second-order valence-electron chi connectivity index (χ2n) is 13.3. The average Bonchev–Trinajstić information content (AvgIpc) is 2.99. The van der Waals surface area contributed by atoms with Gasteiger partial charge in [-0.2, -0.15) is 0 Å². The number of carbonyl (C=O) groups excluding carboxylic acids is 1. The van der Waals surface area contributed by atoms with Gasteiger partial charge in [-0.1, -0.05) is 44.4 Å². The predicted molar refractivity (Wildman–Crippen MR) is 174 cm³/mol. The zero-order chi connectivity index (χ0) is 31.5. The van der Waals surface area contributed by atoms with E-state index in [9.17, 15) is 18.3 Å². The fraction of sp³-hybridized carbons (Fsp3) is 0.618. The number of nitrogens with one attached hydrogen (secondary N) is 1. The Kier molecular flexibility index (Phi) is 10.2. The van der Waals surface area contributed by atoms with Crippen LogP contribution in [0.5, 0.6) is 5.75 Å². The van der Waals surface area contributed by atoms with Gasteiger partial charge >= 0.3 is 0 Å². The lowest BCUT2D eigenvalue weighted by Gasteiger charge is -2.56. The molecule has 0 aromatic heterocycles. The van der Waals surface area contributed by atoms with Crippen molar-refractivity contribution in [2.45, 2.75) is 95.5 Å². The topological polar surface area (TPSA) is 105 Å². The molecule has 1 fully saturated rings. The number of hydrogen-bond donors (Lipinski definition) is 2. The van der Waals surface area contributed by atoms with E-state index in [1.54, 1.807) is 25.3 Å². The largest absolute Gasteiger partial charge is 0.487 e. The molecule has 44 heavy (non-hydrogen) atoms. The lowest BCUT2D eigenvalue weighted by Crippen LogP contribution is -2.59. The summed E-state index contributed by atoms with van der Waals surface area (Å²) >= 11 is 6.34. The maximum absolute atomic E-state index is 13.4. The fourth-order valence-corrected chi connectivity index (χ4v) is 9.28. The van der Waals surface area contributed by atoms with Crippen LogP contribution in [0.15, 0.2) is 36.4 Å². The van der Waals surface area contributed by atoms with Crippen molar-refractivity contribution < 1.29 is 27.8 Å². The van der Waals surface area contributed by atoms with Crippen LogP contribution in [0, 0.1) is 11.3 Å². The first kappa shape index (κ1) is 33.0. The third kappa shape index (κ3) is 7.06. The molecular weight excluding hydrogens is 600 g/mol. The van der Waals surface area contributed by atoms with Gasteiger partial charge in [0.1, 0.15) is 12.4 Å². The number of aliphatic hydroxyl groups is 1. The Labute approximate surface area is 267 Å². The van der Waals surface area contributed by atoms with E-state index in [0.29, 0.717) is 56.0 Å². The van der Waals surface area contributed by atoms with Crippen LogP contribution >= 0.6 is 11.6 Å². The maximum Gasteiger partial charge on any atom is 0.264 e. The van der Waals surface area contributed by atoms with Crippen LogP contribution in [0.1, 0.15) is 93.1 Å². The van der Waals surface area contributed by atoms with Crippen molar-refractivity contribution in [3.63, 3.8) is 0 Å². The molecular formula is C34H47ClN2O6S. The number of rotatable bonds is 3. The number of amides is 1. The Morgan fingerprint density at radius 1 is 1.09 bits per heavy atom. The Morgan fingerprint density at radius 2 is 1.91 bits per heavy atom. The van der Waals surface area contributed by atoms with Gasteiger partial charge in [0.2, 0.25) is 10.0 Å². The number of nitrogens with zero attached hydrogens (tertiary/aromatic N) is 1. The molecule has 0 saturated heterocycles. The zero-order valence-electron chi connectivity index (χ0n) is 26.2.